The van der Waals surface area contributed by atoms with Gasteiger partial charge in [-0.3, -0.25) is 4.79 Å². The lowest BCUT2D eigenvalue weighted by molar-refractivity contribution is -0.116. The monoisotopic (exact) mass is 258 g/mol. The van der Waals surface area contributed by atoms with Crippen LogP contribution in [0.15, 0.2) is 48.5 Å². The fraction of sp³-hybridized carbons (Fsp3) is 0.133. The lowest BCUT2D eigenvalue weighted by atomic mass is 10.1. The number of anilines is 2. The molecule has 0 unspecified atom stereocenters. The maximum absolute atomic E-state index is 13.2. The van der Waals surface area contributed by atoms with Crippen LogP contribution in [0.5, 0.6) is 0 Å². The molecule has 0 aliphatic heterocycles. The molecular formula is C15H15FN2O. The predicted octanol–water partition coefficient (Wildman–Crippen LogP) is 2.98. The number of rotatable bonds is 4. The molecule has 2 rings (SSSR count). The number of amides is 1. The fourth-order valence-corrected chi connectivity index (χ4v) is 1.73. The highest BCUT2D eigenvalue weighted by Crippen LogP contribution is 2.16. The third-order valence-electron chi connectivity index (χ3n) is 2.77. The average Bonchev–Trinajstić information content (AvgIpc) is 2.42. The van der Waals surface area contributed by atoms with Crippen LogP contribution in [0.2, 0.25) is 0 Å². The standard InChI is InChI=1S/C15H15FN2O/c16-13-10-12(7-8-14(13)17)18-15(19)9-6-11-4-2-1-3-5-11/h1-5,7-8,10H,6,9,17H2,(H,18,19). The van der Waals surface area contributed by atoms with Crippen LogP contribution in [-0.2, 0) is 11.2 Å². The molecule has 3 nitrogen and oxygen atoms in total. The Labute approximate surface area is 111 Å². The molecule has 98 valence electrons. The van der Waals surface area contributed by atoms with Gasteiger partial charge in [-0.25, -0.2) is 4.39 Å². The van der Waals surface area contributed by atoms with Crippen molar-refractivity contribution >= 4 is 17.3 Å². The van der Waals surface area contributed by atoms with Crippen LogP contribution in [0.1, 0.15) is 12.0 Å². The predicted molar refractivity (Wildman–Crippen MR) is 74.2 cm³/mol. The molecule has 2 aromatic carbocycles. The summed E-state index contributed by atoms with van der Waals surface area (Å²) in [6.45, 7) is 0. The SMILES string of the molecule is Nc1ccc(NC(=O)CCc2ccccc2)cc1F. The molecule has 4 heteroatoms. The van der Waals surface area contributed by atoms with Crippen LogP contribution in [0.25, 0.3) is 0 Å². The highest BCUT2D eigenvalue weighted by Gasteiger charge is 2.05. The van der Waals surface area contributed by atoms with E-state index in [0.717, 1.165) is 5.56 Å². The van der Waals surface area contributed by atoms with Crippen molar-refractivity contribution in [3.63, 3.8) is 0 Å². The van der Waals surface area contributed by atoms with E-state index in [-0.39, 0.29) is 11.6 Å². The van der Waals surface area contributed by atoms with Crippen molar-refractivity contribution in [3.8, 4) is 0 Å². The summed E-state index contributed by atoms with van der Waals surface area (Å²) in [7, 11) is 0. The Kier molecular flexibility index (Phi) is 4.13. The van der Waals surface area contributed by atoms with E-state index in [2.05, 4.69) is 5.32 Å². The van der Waals surface area contributed by atoms with Gasteiger partial charge in [0, 0.05) is 12.1 Å². The molecule has 0 saturated carbocycles. The maximum atomic E-state index is 13.2. The van der Waals surface area contributed by atoms with Gasteiger partial charge in [-0.1, -0.05) is 30.3 Å². The molecule has 0 saturated heterocycles. The molecule has 3 N–H and O–H groups in total. The van der Waals surface area contributed by atoms with Crippen molar-refractivity contribution in [2.75, 3.05) is 11.1 Å². The van der Waals surface area contributed by atoms with Gasteiger partial charge in [0.1, 0.15) is 5.82 Å². The zero-order chi connectivity index (χ0) is 13.7. The highest BCUT2D eigenvalue weighted by atomic mass is 19.1. The summed E-state index contributed by atoms with van der Waals surface area (Å²) in [5.41, 5.74) is 6.96. The maximum Gasteiger partial charge on any atom is 0.224 e. The third kappa shape index (κ3) is 3.81. The molecule has 1 amide bonds. The van der Waals surface area contributed by atoms with Gasteiger partial charge in [0.05, 0.1) is 5.69 Å². The topological polar surface area (TPSA) is 55.1 Å². The minimum absolute atomic E-state index is 0.0716. The number of halogens is 1. The van der Waals surface area contributed by atoms with Crippen molar-refractivity contribution in [2.24, 2.45) is 0 Å². The van der Waals surface area contributed by atoms with Crippen LogP contribution in [-0.4, -0.2) is 5.91 Å². The average molecular weight is 258 g/mol. The van der Waals surface area contributed by atoms with Crippen molar-refractivity contribution in [1.29, 1.82) is 0 Å². The molecule has 0 aromatic heterocycles. The summed E-state index contributed by atoms with van der Waals surface area (Å²) in [5.74, 6) is -0.672. The molecule has 0 spiro atoms. The summed E-state index contributed by atoms with van der Waals surface area (Å²) < 4.78 is 13.2. The van der Waals surface area contributed by atoms with E-state index in [9.17, 15) is 9.18 Å². The van der Waals surface area contributed by atoms with Gasteiger partial charge in [0.15, 0.2) is 0 Å². The normalized spacial score (nSPS) is 10.2. The molecule has 0 aliphatic carbocycles. The Balaban J connectivity index is 1.89. The first-order chi connectivity index (χ1) is 9.15. The highest BCUT2D eigenvalue weighted by molar-refractivity contribution is 5.91. The molecule has 0 aliphatic rings. The zero-order valence-electron chi connectivity index (χ0n) is 10.4. The van der Waals surface area contributed by atoms with Gasteiger partial charge in [0.25, 0.3) is 0 Å². The van der Waals surface area contributed by atoms with E-state index in [1.54, 1.807) is 6.07 Å². The Morgan fingerprint density at radius 2 is 1.89 bits per heavy atom. The fourth-order valence-electron chi connectivity index (χ4n) is 1.73. The van der Waals surface area contributed by atoms with Crippen LogP contribution in [0.4, 0.5) is 15.8 Å². The van der Waals surface area contributed by atoms with Crippen molar-refractivity contribution in [3.05, 3.63) is 59.9 Å². The lowest BCUT2D eigenvalue weighted by Crippen LogP contribution is -2.12. The number of carbonyl (C=O) groups excluding carboxylic acids is 1. The van der Waals surface area contributed by atoms with Gasteiger partial charge < -0.3 is 11.1 Å². The number of hydrogen-bond acceptors (Lipinski definition) is 2. The molecule has 0 heterocycles. The molecule has 0 bridgehead atoms. The summed E-state index contributed by atoms with van der Waals surface area (Å²) in [6, 6.07) is 14.0. The smallest absolute Gasteiger partial charge is 0.224 e. The van der Waals surface area contributed by atoms with Gasteiger partial charge in [-0.15, -0.1) is 0 Å². The Hall–Kier alpha value is -2.36. The second-order valence-electron chi connectivity index (χ2n) is 4.27. The van der Waals surface area contributed by atoms with Gasteiger partial charge in [0.2, 0.25) is 5.91 Å². The molecule has 0 radical (unpaired) electrons. The molecule has 2 aromatic rings. The van der Waals surface area contributed by atoms with Crippen LogP contribution >= 0.6 is 0 Å². The van der Waals surface area contributed by atoms with E-state index < -0.39 is 5.82 Å². The number of nitrogens with one attached hydrogen (secondary N) is 1. The zero-order valence-corrected chi connectivity index (χ0v) is 10.4. The molecule has 0 fully saturated rings. The first-order valence-corrected chi connectivity index (χ1v) is 6.04. The minimum Gasteiger partial charge on any atom is -0.396 e. The number of benzene rings is 2. The first kappa shape index (κ1) is 13.1. The Bertz CT molecular complexity index is 570. The van der Waals surface area contributed by atoms with Gasteiger partial charge >= 0.3 is 0 Å². The van der Waals surface area contributed by atoms with Crippen molar-refractivity contribution in [2.45, 2.75) is 12.8 Å². The van der Waals surface area contributed by atoms with E-state index >= 15 is 0 Å². The number of nitrogen functional groups attached to an aromatic ring is 1. The number of carbonyl (C=O) groups is 1. The van der Waals surface area contributed by atoms with Crippen LogP contribution in [0.3, 0.4) is 0 Å². The first-order valence-electron chi connectivity index (χ1n) is 6.04. The summed E-state index contributed by atoms with van der Waals surface area (Å²) in [6.07, 6.45) is 1.01. The van der Waals surface area contributed by atoms with Gasteiger partial charge in [-0.2, -0.15) is 0 Å². The van der Waals surface area contributed by atoms with E-state index in [4.69, 9.17) is 5.73 Å². The molecule has 0 atom stereocenters. The third-order valence-corrected chi connectivity index (χ3v) is 2.77. The van der Waals surface area contributed by atoms with Crippen molar-refractivity contribution < 1.29 is 9.18 Å². The summed E-state index contributed by atoms with van der Waals surface area (Å²) >= 11 is 0. The second kappa shape index (κ2) is 6.00. The molecular weight excluding hydrogens is 243 g/mol. The van der Waals surface area contributed by atoms with E-state index in [0.29, 0.717) is 18.5 Å². The Morgan fingerprint density at radius 3 is 2.58 bits per heavy atom. The quantitative estimate of drug-likeness (QED) is 0.828. The minimum atomic E-state index is -0.527. The number of nitrogens with two attached hydrogens (primary N) is 1. The number of hydrogen-bond donors (Lipinski definition) is 2. The second-order valence-corrected chi connectivity index (χ2v) is 4.27. The van der Waals surface area contributed by atoms with Crippen LogP contribution in [0, 0.1) is 5.82 Å². The van der Waals surface area contributed by atoms with Gasteiger partial charge in [-0.05, 0) is 30.2 Å². The van der Waals surface area contributed by atoms with Crippen LogP contribution < -0.4 is 11.1 Å². The molecule has 19 heavy (non-hydrogen) atoms. The van der Waals surface area contributed by atoms with E-state index in [1.807, 2.05) is 30.3 Å². The summed E-state index contributed by atoms with van der Waals surface area (Å²) in [4.78, 5) is 11.7. The number of aryl methyl sites for hydroxylation is 1. The lowest BCUT2D eigenvalue weighted by Gasteiger charge is -2.06. The van der Waals surface area contributed by atoms with E-state index in [1.165, 1.54) is 12.1 Å². The Morgan fingerprint density at radius 1 is 1.16 bits per heavy atom. The largest absolute Gasteiger partial charge is 0.396 e. The summed E-state index contributed by atoms with van der Waals surface area (Å²) in [5, 5.41) is 2.65. The van der Waals surface area contributed by atoms with Crippen molar-refractivity contribution in [1.82, 2.24) is 0 Å².